The first kappa shape index (κ1) is 18.9. The van der Waals surface area contributed by atoms with Crippen molar-refractivity contribution in [2.75, 3.05) is 0 Å². The summed E-state index contributed by atoms with van der Waals surface area (Å²) in [6.07, 6.45) is 6.69. The fraction of sp³-hybridized carbons (Fsp3) is 0.619. The molecule has 1 aromatic carbocycles. The lowest BCUT2D eigenvalue weighted by atomic mass is 9.83. The third-order valence-electron chi connectivity index (χ3n) is 5.55. The van der Waals surface area contributed by atoms with Crippen molar-refractivity contribution in [1.82, 2.24) is 4.90 Å². The predicted molar refractivity (Wildman–Crippen MR) is 98.5 cm³/mol. The molecule has 1 saturated heterocycles. The minimum Gasteiger partial charge on any atom is -0.444 e. The van der Waals surface area contributed by atoms with Gasteiger partial charge >= 0.3 is 6.09 Å². The van der Waals surface area contributed by atoms with Crippen molar-refractivity contribution in [1.29, 1.82) is 0 Å². The molecule has 0 radical (unpaired) electrons. The first-order valence-electron chi connectivity index (χ1n) is 9.64. The Morgan fingerprint density at radius 2 is 1.92 bits per heavy atom. The van der Waals surface area contributed by atoms with Crippen LogP contribution in [0.5, 0.6) is 0 Å². The van der Waals surface area contributed by atoms with Crippen molar-refractivity contribution in [2.24, 2.45) is 5.92 Å². The van der Waals surface area contributed by atoms with Crippen LogP contribution in [-0.2, 0) is 20.9 Å². The average molecular weight is 359 g/mol. The highest BCUT2D eigenvalue weighted by Crippen LogP contribution is 2.38. The molecule has 3 rings (SSSR count). The lowest BCUT2D eigenvalue weighted by Gasteiger charge is -2.34. The van der Waals surface area contributed by atoms with Gasteiger partial charge in [0.15, 0.2) is 6.29 Å². The summed E-state index contributed by atoms with van der Waals surface area (Å²) in [4.78, 5) is 26.1. The summed E-state index contributed by atoms with van der Waals surface area (Å²) in [7, 11) is 0. The number of hydrogen-bond acceptors (Lipinski definition) is 4. The molecule has 1 heterocycles. The second-order valence-electron chi connectivity index (χ2n) is 7.88. The van der Waals surface area contributed by atoms with Crippen LogP contribution in [-0.4, -0.2) is 35.2 Å². The lowest BCUT2D eigenvalue weighted by molar-refractivity contribution is -0.123. The van der Waals surface area contributed by atoms with Gasteiger partial charge in [-0.3, -0.25) is 4.90 Å². The number of aldehydes is 1. The minimum atomic E-state index is -0.849. The molecule has 5 heteroatoms. The van der Waals surface area contributed by atoms with Gasteiger partial charge in [-0.05, 0) is 31.7 Å². The second kappa shape index (κ2) is 8.21. The van der Waals surface area contributed by atoms with Crippen LogP contribution >= 0.6 is 0 Å². The third-order valence-corrected chi connectivity index (χ3v) is 5.55. The van der Waals surface area contributed by atoms with Gasteiger partial charge < -0.3 is 14.3 Å². The second-order valence-corrected chi connectivity index (χ2v) is 7.88. The number of nitrogens with zero attached hydrogens (tertiary/aromatic N) is 1. The average Bonchev–Trinajstić information content (AvgIpc) is 2.91. The summed E-state index contributed by atoms with van der Waals surface area (Å²) in [6.45, 7) is 3.87. The van der Waals surface area contributed by atoms with Gasteiger partial charge in [0, 0.05) is 0 Å². The van der Waals surface area contributed by atoms with E-state index in [0.29, 0.717) is 5.92 Å². The smallest absolute Gasteiger partial charge is 0.412 e. The van der Waals surface area contributed by atoms with Gasteiger partial charge in [-0.1, -0.05) is 62.4 Å². The van der Waals surface area contributed by atoms with E-state index in [1.807, 2.05) is 44.2 Å². The van der Waals surface area contributed by atoms with Crippen LogP contribution in [0, 0.1) is 5.92 Å². The maximum atomic E-state index is 12.9. The summed E-state index contributed by atoms with van der Waals surface area (Å²) in [5.74, 6) is 0.540. The van der Waals surface area contributed by atoms with E-state index in [4.69, 9.17) is 9.47 Å². The Balaban J connectivity index is 1.71. The van der Waals surface area contributed by atoms with Crippen molar-refractivity contribution in [3.63, 3.8) is 0 Å². The van der Waals surface area contributed by atoms with Gasteiger partial charge in [0.1, 0.15) is 18.4 Å². The summed E-state index contributed by atoms with van der Waals surface area (Å²) in [5.41, 5.74) is 0.0909. The molecule has 1 unspecified atom stereocenters. The fourth-order valence-corrected chi connectivity index (χ4v) is 4.28. The molecule has 142 valence electrons. The Bertz CT molecular complexity index is 610. The molecule has 1 aromatic rings. The molecule has 1 saturated carbocycles. The number of carbonyl (C=O) groups excluding carboxylic acids is 2. The first-order valence-corrected chi connectivity index (χ1v) is 9.64. The van der Waals surface area contributed by atoms with Gasteiger partial charge in [-0.25, -0.2) is 4.79 Å². The molecule has 0 bridgehead atoms. The molecule has 5 nitrogen and oxygen atoms in total. The SMILES string of the molecule is CC1(C)OC(C=O)[C@H](CC2CCCCC2)N1C(=O)OCc1ccccc1. The Hall–Kier alpha value is -1.88. The van der Waals surface area contributed by atoms with Gasteiger partial charge in [-0.15, -0.1) is 0 Å². The molecule has 2 aliphatic rings. The van der Waals surface area contributed by atoms with Crippen molar-refractivity contribution in [2.45, 2.75) is 76.9 Å². The Labute approximate surface area is 155 Å². The Kier molecular flexibility index (Phi) is 5.97. The van der Waals surface area contributed by atoms with E-state index in [9.17, 15) is 9.59 Å². The van der Waals surface area contributed by atoms with Crippen LogP contribution < -0.4 is 0 Å². The summed E-state index contributed by atoms with van der Waals surface area (Å²) in [5, 5.41) is 0. The van der Waals surface area contributed by atoms with Crippen molar-refractivity contribution >= 4 is 12.4 Å². The van der Waals surface area contributed by atoms with Crippen molar-refractivity contribution in [3.05, 3.63) is 35.9 Å². The zero-order valence-corrected chi connectivity index (χ0v) is 15.7. The zero-order chi connectivity index (χ0) is 18.6. The molecule has 2 fully saturated rings. The van der Waals surface area contributed by atoms with Crippen LogP contribution in [0.25, 0.3) is 0 Å². The molecule has 0 aromatic heterocycles. The molecular formula is C21H29NO4. The largest absolute Gasteiger partial charge is 0.444 e. The van der Waals surface area contributed by atoms with E-state index in [-0.39, 0.29) is 12.6 Å². The number of amides is 1. The molecule has 0 spiro atoms. The summed E-state index contributed by atoms with van der Waals surface area (Å²) < 4.78 is 11.4. The number of carbonyl (C=O) groups is 2. The van der Waals surface area contributed by atoms with Gasteiger partial charge in [-0.2, -0.15) is 0 Å². The van der Waals surface area contributed by atoms with E-state index in [1.165, 1.54) is 19.3 Å². The minimum absolute atomic E-state index is 0.216. The van der Waals surface area contributed by atoms with Gasteiger partial charge in [0.25, 0.3) is 0 Å². The van der Waals surface area contributed by atoms with Gasteiger partial charge in [0.05, 0.1) is 6.04 Å². The topological polar surface area (TPSA) is 55.8 Å². The lowest BCUT2D eigenvalue weighted by Crippen LogP contribution is -2.49. The van der Waals surface area contributed by atoms with Crippen molar-refractivity contribution in [3.8, 4) is 0 Å². The number of ether oxygens (including phenoxy) is 2. The van der Waals surface area contributed by atoms with E-state index >= 15 is 0 Å². The first-order chi connectivity index (χ1) is 12.5. The summed E-state index contributed by atoms with van der Waals surface area (Å²) in [6, 6.07) is 9.35. The van der Waals surface area contributed by atoms with Crippen molar-refractivity contribution < 1.29 is 19.1 Å². The molecule has 1 aliphatic carbocycles. The highest BCUT2D eigenvalue weighted by molar-refractivity contribution is 5.71. The third kappa shape index (κ3) is 4.26. The predicted octanol–water partition coefficient (Wildman–Crippen LogP) is 4.30. The Morgan fingerprint density at radius 1 is 1.23 bits per heavy atom. The molecule has 26 heavy (non-hydrogen) atoms. The standard InChI is InChI=1S/C21H29NO4/c1-21(2)22(20(24)25-15-17-11-7-4-8-12-17)18(19(14-23)26-21)13-16-9-5-3-6-10-16/h4,7-8,11-12,14,16,18-19H,3,5-6,9-10,13,15H2,1-2H3/t18-,19?/m0/s1. The maximum absolute atomic E-state index is 12.9. The molecule has 2 atom stereocenters. The van der Waals surface area contributed by atoms with Crippen LogP contribution in [0.3, 0.4) is 0 Å². The fourth-order valence-electron chi connectivity index (χ4n) is 4.28. The normalized spacial score (nSPS) is 25.8. The van der Waals surface area contributed by atoms with Crippen LogP contribution in [0.2, 0.25) is 0 Å². The Morgan fingerprint density at radius 3 is 2.58 bits per heavy atom. The van der Waals surface area contributed by atoms with E-state index in [2.05, 4.69) is 0 Å². The van der Waals surface area contributed by atoms with E-state index in [0.717, 1.165) is 31.1 Å². The summed E-state index contributed by atoms with van der Waals surface area (Å²) >= 11 is 0. The van der Waals surface area contributed by atoms with Crippen LogP contribution in [0.15, 0.2) is 30.3 Å². The van der Waals surface area contributed by atoms with E-state index in [1.54, 1.807) is 4.90 Å². The highest BCUT2D eigenvalue weighted by Gasteiger charge is 2.51. The number of rotatable bonds is 5. The van der Waals surface area contributed by atoms with Crippen LogP contribution in [0.4, 0.5) is 4.79 Å². The quantitative estimate of drug-likeness (QED) is 0.736. The highest BCUT2D eigenvalue weighted by atomic mass is 16.6. The van der Waals surface area contributed by atoms with Crippen LogP contribution in [0.1, 0.15) is 57.9 Å². The zero-order valence-electron chi connectivity index (χ0n) is 15.7. The molecular weight excluding hydrogens is 330 g/mol. The number of hydrogen-bond donors (Lipinski definition) is 0. The molecule has 0 N–H and O–H groups in total. The molecule has 1 amide bonds. The monoisotopic (exact) mass is 359 g/mol. The van der Waals surface area contributed by atoms with E-state index < -0.39 is 17.9 Å². The van der Waals surface area contributed by atoms with Gasteiger partial charge in [0.2, 0.25) is 0 Å². The molecule has 1 aliphatic heterocycles. The maximum Gasteiger partial charge on any atom is 0.412 e. The number of benzene rings is 1.